The molecule has 2 atom stereocenters. The zero-order valence-corrected chi connectivity index (χ0v) is 13.0. The van der Waals surface area contributed by atoms with Crippen molar-refractivity contribution in [1.82, 2.24) is 0 Å². The van der Waals surface area contributed by atoms with Crippen molar-refractivity contribution in [3.8, 4) is 5.75 Å². The second-order valence-corrected chi connectivity index (χ2v) is 5.48. The monoisotopic (exact) mass is 293 g/mol. The van der Waals surface area contributed by atoms with E-state index in [0.29, 0.717) is 12.3 Å². The Kier molecular flexibility index (Phi) is 7.83. The van der Waals surface area contributed by atoms with Crippen LogP contribution in [0.3, 0.4) is 0 Å². The number of carboxylic acid groups (broad SMARTS) is 1. The number of benzene rings is 1. The molecule has 0 radical (unpaired) electrons. The van der Waals surface area contributed by atoms with E-state index in [4.69, 9.17) is 15.6 Å². The third-order valence-corrected chi connectivity index (χ3v) is 4.08. The number of carbonyl (C=O) groups is 1. The van der Waals surface area contributed by atoms with Crippen LogP contribution in [0.4, 0.5) is 0 Å². The quantitative estimate of drug-likeness (QED) is 0.695. The van der Waals surface area contributed by atoms with E-state index in [2.05, 4.69) is 13.0 Å². The van der Waals surface area contributed by atoms with Crippen molar-refractivity contribution in [1.29, 1.82) is 0 Å². The number of methoxy groups -OCH3 is 1. The molecule has 0 saturated heterocycles. The summed E-state index contributed by atoms with van der Waals surface area (Å²) < 4.78 is 5.35. The van der Waals surface area contributed by atoms with E-state index in [1.165, 1.54) is 5.56 Å². The first-order chi connectivity index (χ1) is 10.1. The molecule has 0 aromatic heterocycles. The van der Waals surface area contributed by atoms with E-state index in [1.807, 2.05) is 18.2 Å². The summed E-state index contributed by atoms with van der Waals surface area (Å²) in [6, 6.07) is 8.04. The summed E-state index contributed by atoms with van der Waals surface area (Å²) >= 11 is 0. The minimum atomic E-state index is -0.777. The summed E-state index contributed by atoms with van der Waals surface area (Å²) in [5, 5.41) is 9.09. The number of nitrogens with two attached hydrogens (primary N) is 1. The Balaban J connectivity index is 2.46. The first-order valence-electron chi connectivity index (χ1n) is 7.67. The number of hydrogen-bond acceptors (Lipinski definition) is 3. The molecule has 21 heavy (non-hydrogen) atoms. The van der Waals surface area contributed by atoms with Gasteiger partial charge in [0.1, 0.15) is 5.75 Å². The summed E-state index contributed by atoms with van der Waals surface area (Å²) in [7, 11) is 1.69. The van der Waals surface area contributed by atoms with Gasteiger partial charge in [0.15, 0.2) is 0 Å². The fourth-order valence-electron chi connectivity index (χ4n) is 2.68. The molecular formula is C17H27NO3. The minimum absolute atomic E-state index is 0.221. The second kappa shape index (κ2) is 9.40. The zero-order valence-electron chi connectivity index (χ0n) is 13.0. The van der Waals surface area contributed by atoms with E-state index in [1.54, 1.807) is 7.11 Å². The minimum Gasteiger partial charge on any atom is -0.496 e. The largest absolute Gasteiger partial charge is 0.496 e. The van der Waals surface area contributed by atoms with Gasteiger partial charge in [0.05, 0.1) is 13.0 Å². The van der Waals surface area contributed by atoms with Crippen LogP contribution in [0.5, 0.6) is 5.75 Å². The predicted molar refractivity (Wildman–Crippen MR) is 84.5 cm³/mol. The fraction of sp³-hybridized carbons (Fsp3) is 0.588. The second-order valence-electron chi connectivity index (χ2n) is 5.48. The van der Waals surface area contributed by atoms with Gasteiger partial charge in [-0.1, -0.05) is 38.0 Å². The molecule has 2 unspecified atom stereocenters. The average molecular weight is 293 g/mol. The first kappa shape index (κ1) is 17.5. The predicted octanol–water partition coefficient (Wildman–Crippen LogP) is 3.09. The van der Waals surface area contributed by atoms with Crippen LogP contribution in [-0.2, 0) is 11.2 Å². The molecule has 118 valence electrons. The van der Waals surface area contributed by atoms with Crippen LogP contribution in [0.1, 0.15) is 38.2 Å². The Morgan fingerprint density at radius 2 is 2.10 bits per heavy atom. The van der Waals surface area contributed by atoms with Crippen molar-refractivity contribution in [2.24, 2.45) is 17.6 Å². The van der Waals surface area contributed by atoms with Gasteiger partial charge in [-0.15, -0.1) is 0 Å². The Labute approximate surface area is 127 Å². The zero-order chi connectivity index (χ0) is 15.7. The summed E-state index contributed by atoms with van der Waals surface area (Å²) in [5.74, 6) is 0.155. The van der Waals surface area contributed by atoms with E-state index in [9.17, 15) is 4.79 Å². The lowest BCUT2D eigenvalue weighted by atomic mass is 9.88. The van der Waals surface area contributed by atoms with Crippen LogP contribution in [0.25, 0.3) is 0 Å². The molecule has 0 heterocycles. The van der Waals surface area contributed by atoms with Gasteiger partial charge >= 0.3 is 5.97 Å². The van der Waals surface area contributed by atoms with Crippen molar-refractivity contribution in [3.05, 3.63) is 29.8 Å². The number of aliphatic carboxylic acids is 1. The van der Waals surface area contributed by atoms with E-state index in [0.717, 1.165) is 31.4 Å². The molecule has 1 aromatic rings. The maximum atomic E-state index is 11.1. The molecule has 0 fully saturated rings. The van der Waals surface area contributed by atoms with Crippen molar-refractivity contribution in [2.45, 2.75) is 39.0 Å². The molecule has 0 amide bonds. The number of carboxylic acids is 1. The fourth-order valence-corrected chi connectivity index (χ4v) is 2.68. The molecule has 0 spiro atoms. The van der Waals surface area contributed by atoms with Crippen LogP contribution < -0.4 is 10.5 Å². The first-order valence-corrected chi connectivity index (χ1v) is 7.67. The van der Waals surface area contributed by atoms with E-state index < -0.39 is 11.9 Å². The highest BCUT2D eigenvalue weighted by molar-refractivity contribution is 5.70. The third kappa shape index (κ3) is 5.76. The summed E-state index contributed by atoms with van der Waals surface area (Å²) in [6.07, 6.45) is 4.69. The van der Waals surface area contributed by atoms with E-state index in [-0.39, 0.29) is 6.54 Å². The van der Waals surface area contributed by atoms with Crippen LogP contribution in [0, 0.1) is 11.8 Å². The molecule has 4 nitrogen and oxygen atoms in total. The highest BCUT2D eigenvalue weighted by atomic mass is 16.5. The van der Waals surface area contributed by atoms with Crippen molar-refractivity contribution < 1.29 is 14.6 Å². The Morgan fingerprint density at radius 3 is 2.67 bits per heavy atom. The molecule has 1 rings (SSSR count). The number of rotatable bonds is 10. The number of aryl methyl sites for hydroxylation is 1. The Bertz CT molecular complexity index is 434. The molecule has 0 aliphatic heterocycles. The van der Waals surface area contributed by atoms with Crippen LogP contribution in [-0.4, -0.2) is 24.7 Å². The van der Waals surface area contributed by atoms with Gasteiger partial charge in [0.2, 0.25) is 0 Å². The maximum absolute atomic E-state index is 11.1. The molecule has 3 N–H and O–H groups in total. The van der Waals surface area contributed by atoms with Gasteiger partial charge in [0.25, 0.3) is 0 Å². The molecule has 4 heteroatoms. The van der Waals surface area contributed by atoms with Crippen LogP contribution >= 0.6 is 0 Å². The number of hydrogen-bond donors (Lipinski definition) is 2. The van der Waals surface area contributed by atoms with Gasteiger partial charge in [-0.05, 0) is 36.8 Å². The topological polar surface area (TPSA) is 72.5 Å². The maximum Gasteiger partial charge on any atom is 0.307 e. The smallest absolute Gasteiger partial charge is 0.307 e. The Hall–Kier alpha value is -1.55. The lowest BCUT2D eigenvalue weighted by molar-refractivity contribution is -0.142. The molecule has 0 saturated carbocycles. The van der Waals surface area contributed by atoms with Crippen molar-refractivity contribution >= 4 is 5.97 Å². The van der Waals surface area contributed by atoms with Gasteiger partial charge in [-0.25, -0.2) is 0 Å². The summed E-state index contributed by atoms with van der Waals surface area (Å²) in [5.41, 5.74) is 6.75. The molecular weight excluding hydrogens is 266 g/mol. The lowest BCUT2D eigenvalue weighted by Gasteiger charge is -2.19. The van der Waals surface area contributed by atoms with Crippen LogP contribution in [0.2, 0.25) is 0 Å². The van der Waals surface area contributed by atoms with Gasteiger partial charge in [0, 0.05) is 6.54 Å². The molecule has 0 bridgehead atoms. The van der Waals surface area contributed by atoms with Gasteiger partial charge in [-0.2, -0.15) is 0 Å². The van der Waals surface area contributed by atoms with Crippen LogP contribution in [0.15, 0.2) is 24.3 Å². The highest BCUT2D eigenvalue weighted by Gasteiger charge is 2.20. The average Bonchev–Trinajstić information content (AvgIpc) is 2.50. The standard InChI is InChI=1S/C17H27NO3/c1-3-13(11-15(12-18)17(19)20)7-6-9-14-8-4-5-10-16(14)21-2/h4-5,8,10,13,15H,3,6-7,9,11-12,18H2,1-2H3,(H,19,20). The Morgan fingerprint density at radius 1 is 1.38 bits per heavy atom. The van der Waals surface area contributed by atoms with Crippen molar-refractivity contribution in [2.75, 3.05) is 13.7 Å². The third-order valence-electron chi connectivity index (χ3n) is 4.08. The lowest BCUT2D eigenvalue weighted by Crippen LogP contribution is -2.25. The summed E-state index contributed by atoms with van der Waals surface area (Å²) in [6.45, 7) is 2.33. The highest BCUT2D eigenvalue weighted by Crippen LogP contribution is 2.24. The van der Waals surface area contributed by atoms with Gasteiger partial charge < -0.3 is 15.6 Å². The normalized spacial score (nSPS) is 13.7. The number of ether oxygens (including phenoxy) is 1. The van der Waals surface area contributed by atoms with E-state index >= 15 is 0 Å². The van der Waals surface area contributed by atoms with Crippen molar-refractivity contribution in [3.63, 3.8) is 0 Å². The number of para-hydroxylation sites is 1. The van der Waals surface area contributed by atoms with Gasteiger partial charge in [-0.3, -0.25) is 4.79 Å². The SMILES string of the molecule is CCC(CCCc1ccccc1OC)CC(CN)C(=O)O. The summed E-state index contributed by atoms with van der Waals surface area (Å²) in [4.78, 5) is 11.1. The molecule has 1 aromatic carbocycles. The molecule has 0 aliphatic rings. The molecule has 0 aliphatic carbocycles.